The van der Waals surface area contributed by atoms with E-state index in [-0.39, 0.29) is 28.5 Å². The van der Waals surface area contributed by atoms with Gasteiger partial charge in [-0.25, -0.2) is 8.42 Å². The highest BCUT2D eigenvalue weighted by atomic mass is 32.2. The molecule has 3 aromatic rings. The molecule has 1 aromatic heterocycles. The zero-order chi connectivity index (χ0) is 25.5. The van der Waals surface area contributed by atoms with Crippen LogP contribution in [-0.2, 0) is 21.2 Å². The van der Waals surface area contributed by atoms with Gasteiger partial charge >= 0.3 is 0 Å². The fourth-order valence-electron chi connectivity index (χ4n) is 4.39. The van der Waals surface area contributed by atoms with Crippen LogP contribution >= 0.6 is 0 Å². The Bertz CT molecular complexity index is 1380. The first kappa shape index (κ1) is 24.7. The van der Waals surface area contributed by atoms with Gasteiger partial charge in [0, 0.05) is 19.7 Å². The summed E-state index contributed by atoms with van der Waals surface area (Å²) in [6.07, 6.45) is 1.17. The fraction of sp³-hybridized carbons (Fsp3) is 0.308. The normalized spacial score (nSPS) is 15.9. The van der Waals surface area contributed by atoms with Crippen LogP contribution in [0.25, 0.3) is 11.1 Å². The number of sulfone groups is 1. The van der Waals surface area contributed by atoms with Gasteiger partial charge in [0.25, 0.3) is 5.91 Å². The van der Waals surface area contributed by atoms with Crippen molar-refractivity contribution in [2.75, 3.05) is 36.7 Å². The number of amides is 2. The van der Waals surface area contributed by atoms with E-state index in [0.717, 1.165) is 11.1 Å². The molecule has 2 aromatic carbocycles. The monoisotopic (exact) mass is 495 g/mol. The van der Waals surface area contributed by atoms with Crippen LogP contribution in [0, 0.1) is 0 Å². The number of carbonyl (C=O) groups excluding carboxylic acids is 2. The minimum atomic E-state index is -3.31. The van der Waals surface area contributed by atoms with Gasteiger partial charge < -0.3 is 19.1 Å². The summed E-state index contributed by atoms with van der Waals surface area (Å²) in [5.74, 6) is 0.533. The molecule has 0 spiro atoms. The SMILES string of the molecule is CC(=O)N1c2ccc(-c3ccc(S(C)(=O)=O)cc3)cc2N(C(=O)c2ccc(CN(C)C)o2)C[C@@H]1C. The molecule has 9 heteroatoms. The quantitative estimate of drug-likeness (QED) is 0.535. The molecule has 0 aliphatic carbocycles. The van der Waals surface area contributed by atoms with Crippen LogP contribution in [0.1, 0.15) is 30.2 Å². The fourth-order valence-corrected chi connectivity index (χ4v) is 5.02. The lowest BCUT2D eigenvalue weighted by Crippen LogP contribution is -2.51. The molecule has 0 bridgehead atoms. The van der Waals surface area contributed by atoms with Gasteiger partial charge in [0.05, 0.1) is 28.9 Å². The standard InChI is InChI=1S/C26H29N3O5S/c1-17-15-28(26(31)25-13-9-21(34-25)16-27(3)4)24-14-20(8-12-23(24)29(17)18(2)30)19-6-10-22(11-7-19)35(5,32)33/h6-14,17H,15-16H2,1-5H3/t17-/m0/s1. The van der Waals surface area contributed by atoms with Crippen LogP contribution in [0.15, 0.2) is 63.9 Å². The summed E-state index contributed by atoms with van der Waals surface area (Å²) >= 11 is 0. The average Bonchev–Trinajstić information content (AvgIpc) is 3.24. The number of hydrogen-bond donors (Lipinski definition) is 0. The Morgan fingerprint density at radius 2 is 1.66 bits per heavy atom. The van der Waals surface area contributed by atoms with Crippen LogP contribution in [0.5, 0.6) is 0 Å². The van der Waals surface area contributed by atoms with Gasteiger partial charge in [-0.3, -0.25) is 9.59 Å². The first-order valence-corrected chi connectivity index (χ1v) is 13.1. The van der Waals surface area contributed by atoms with Crippen LogP contribution in [-0.4, -0.2) is 58.1 Å². The Kier molecular flexibility index (Phi) is 6.57. The number of fused-ring (bicyclic) bond motifs is 1. The summed E-state index contributed by atoms with van der Waals surface area (Å²) < 4.78 is 29.5. The van der Waals surface area contributed by atoms with Crippen LogP contribution in [0.3, 0.4) is 0 Å². The van der Waals surface area contributed by atoms with Crippen LogP contribution in [0.4, 0.5) is 11.4 Å². The molecular formula is C26H29N3O5S. The molecule has 2 heterocycles. The number of nitrogens with zero attached hydrogens (tertiary/aromatic N) is 3. The maximum Gasteiger partial charge on any atom is 0.294 e. The lowest BCUT2D eigenvalue weighted by molar-refractivity contribution is -0.117. The van der Waals surface area contributed by atoms with E-state index in [1.807, 2.05) is 44.1 Å². The Balaban J connectivity index is 1.76. The van der Waals surface area contributed by atoms with E-state index in [2.05, 4.69) is 0 Å². The van der Waals surface area contributed by atoms with E-state index in [1.54, 1.807) is 46.2 Å². The molecule has 8 nitrogen and oxygen atoms in total. The second kappa shape index (κ2) is 9.31. The highest BCUT2D eigenvalue weighted by molar-refractivity contribution is 7.90. The zero-order valence-electron chi connectivity index (χ0n) is 20.5. The van der Waals surface area contributed by atoms with E-state index in [1.165, 1.54) is 13.2 Å². The molecule has 0 saturated carbocycles. The van der Waals surface area contributed by atoms with Crippen LogP contribution in [0.2, 0.25) is 0 Å². The predicted molar refractivity (Wildman–Crippen MR) is 135 cm³/mol. The Morgan fingerprint density at radius 3 is 2.26 bits per heavy atom. The van der Waals surface area contributed by atoms with Gasteiger partial charge in [0.1, 0.15) is 5.76 Å². The minimum absolute atomic E-state index is 0.109. The van der Waals surface area contributed by atoms with Crippen molar-refractivity contribution in [1.29, 1.82) is 0 Å². The van der Waals surface area contributed by atoms with E-state index < -0.39 is 9.84 Å². The summed E-state index contributed by atoms with van der Waals surface area (Å²) in [4.78, 5) is 31.5. The zero-order valence-corrected chi connectivity index (χ0v) is 21.3. The number of carbonyl (C=O) groups is 2. The third kappa shape index (κ3) is 5.01. The van der Waals surface area contributed by atoms with E-state index in [0.29, 0.717) is 30.2 Å². The van der Waals surface area contributed by atoms with Gasteiger partial charge in [-0.1, -0.05) is 18.2 Å². The van der Waals surface area contributed by atoms with Crippen molar-refractivity contribution < 1.29 is 22.4 Å². The van der Waals surface area contributed by atoms with Crippen LogP contribution < -0.4 is 9.80 Å². The molecule has 0 fully saturated rings. The van der Waals surface area contributed by atoms with Crippen molar-refractivity contribution in [2.24, 2.45) is 0 Å². The Morgan fingerprint density at radius 1 is 1.00 bits per heavy atom. The molecule has 1 aliphatic rings. The maximum atomic E-state index is 13.5. The first-order chi connectivity index (χ1) is 16.5. The first-order valence-electron chi connectivity index (χ1n) is 11.3. The topological polar surface area (TPSA) is 91.1 Å². The lowest BCUT2D eigenvalue weighted by atomic mass is 10.0. The number of hydrogen-bond acceptors (Lipinski definition) is 6. The molecule has 35 heavy (non-hydrogen) atoms. The summed E-state index contributed by atoms with van der Waals surface area (Å²) in [5, 5.41) is 0. The van der Waals surface area contributed by atoms with Gasteiger partial charge in [-0.2, -0.15) is 0 Å². The number of rotatable bonds is 5. The van der Waals surface area contributed by atoms with Crippen molar-refractivity contribution in [3.63, 3.8) is 0 Å². The summed E-state index contributed by atoms with van der Waals surface area (Å²) in [6.45, 7) is 4.30. The molecule has 0 saturated heterocycles. The van der Waals surface area contributed by atoms with E-state index in [9.17, 15) is 18.0 Å². The molecule has 0 unspecified atom stereocenters. The summed E-state index contributed by atoms with van der Waals surface area (Å²) in [6, 6.07) is 15.4. The Hall–Kier alpha value is -3.43. The van der Waals surface area contributed by atoms with Gasteiger partial charge in [-0.05, 0) is 68.5 Å². The lowest BCUT2D eigenvalue weighted by Gasteiger charge is -2.40. The van der Waals surface area contributed by atoms with E-state index >= 15 is 0 Å². The third-order valence-corrected chi connectivity index (χ3v) is 7.09. The van der Waals surface area contributed by atoms with Crippen molar-refractivity contribution in [3.05, 3.63) is 66.1 Å². The molecule has 2 amide bonds. The smallest absolute Gasteiger partial charge is 0.294 e. The van der Waals surface area contributed by atoms with Gasteiger partial charge in [0.2, 0.25) is 5.91 Å². The molecule has 1 aliphatic heterocycles. The third-order valence-electron chi connectivity index (χ3n) is 5.96. The Labute approximate surface area is 205 Å². The van der Waals surface area contributed by atoms with Crippen molar-refractivity contribution in [2.45, 2.75) is 31.3 Å². The molecule has 184 valence electrons. The predicted octanol–water partition coefficient (Wildman–Crippen LogP) is 3.81. The molecular weight excluding hydrogens is 466 g/mol. The second-order valence-electron chi connectivity index (χ2n) is 9.16. The largest absolute Gasteiger partial charge is 0.455 e. The van der Waals surface area contributed by atoms with Crippen molar-refractivity contribution in [1.82, 2.24) is 4.90 Å². The molecule has 0 N–H and O–H groups in total. The summed E-state index contributed by atoms with van der Waals surface area (Å²) in [5.41, 5.74) is 2.83. The highest BCUT2D eigenvalue weighted by Gasteiger charge is 2.35. The average molecular weight is 496 g/mol. The van der Waals surface area contributed by atoms with E-state index in [4.69, 9.17) is 4.42 Å². The maximum absolute atomic E-state index is 13.5. The van der Waals surface area contributed by atoms with Crippen molar-refractivity contribution >= 4 is 33.0 Å². The summed E-state index contributed by atoms with van der Waals surface area (Å²) in [7, 11) is 0.541. The number of benzene rings is 2. The van der Waals surface area contributed by atoms with Gasteiger partial charge in [0.15, 0.2) is 15.6 Å². The molecule has 1 atom stereocenters. The second-order valence-corrected chi connectivity index (χ2v) is 11.2. The van der Waals surface area contributed by atoms with Gasteiger partial charge in [-0.15, -0.1) is 0 Å². The number of furan rings is 1. The molecule has 0 radical (unpaired) electrons. The van der Waals surface area contributed by atoms with Crippen molar-refractivity contribution in [3.8, 4) is 11.1 Å². The number of anilines is 2. The minimum Gasteiger partial charge on any atom is -0.455 e. The highest BCUT2D eigenvalue weighted by Crippen LogP contribution is 2.39. The molecule has 4 rings (SSSR count).